The van der Waals surface area contributed by atoms with Crippen LogP contribution in [0, 0.1) is 35.5 Å². The van der Waals surface area contributed by atoms with Gasteiger partial charge in [-0.3, -0.25) is 13.8 Å². The van der Waals surface area contributed by atoms with Crippen molar-refractivity contribution in [1.82, 2.24) is 0 Å². The number of rotatable bonds is 6. The Morgan fingerprint density at radius 2 is 1.74 bits per heavy atom. The highest BCUT2D eigenvalue weighted by Crippen LogP contribution is 2.65. The molecule has 0 N–H and O–H groups in total. The van der Waals surface area contributed by atoms with E-state index in [2.05, 4.69) is 6.92 Å². The molecule has 1 aromatic carbocycles. The Bertz CT molecular complexity index is 1120. The Balaban J connectivity index is 1.33. The van der Waals surface area contributed by atoms with E-state index in [1.54, 1.807) is 24.3 Å². The topological polar surface area (TPSA) is 77.5 Å². The molecule has 0 saturated heterocycles. The van der Waals surface area contributed by atoms with Crippen LogP contribution in [0.1, 0.15) is 76.7 Å². The van der Waals surface area contributed by atoms with Crippen LogP contribution in [-0.2, 0) is 23.9 Å². The second kappa shape index (κ2) is 8.70. The zero-order valence-corrected chi connectivity index (χ0v) is 21.2. The average Bonchev–Trinajstić information content (AvgIpc) is 3.12. The van der Waals surface area contributed by atoms with Crippen molar-refractivity contribution in [2.45, 2.75) is 83.0 Å². The zero-order valence-electron chi connectivity index (χ0n) is 20.3. The molecule has 0 unspecified atom stereocenters. The maximum absolute atomic E-state index is 12.7. The molecule has 1 aromatic rings. The first kappa shape index (κ1) is 23.9. The summed E-state index contributed by atoms with van der Waals surface area (Å²) in [5.74, 6) is 2.11. The van der Waals surface area contributed by atoms with E-state index < -0.39 is 10.1 Å². The first-order valence-corrected chi connectivity index (χ1v) is 14.3. The van der Waals surface area contributed by atoms with Gasteiger partial charge in [-0.25, -0.2) is 0 Å². The summed E-state index contributed by atoms with van der Waals surface area (Å²) in [7, 11) is -3.78. The van der Waals surface area contributed by atoms with E-state index in [9.17, 15) is 18.0 Å². The quantitative estimate of drug-likeness (QED) is 0.390. The number of aryl methyl sites for hydroxylation is 1. The van der Waals surface area contributed by atoms with Crippen LogP contribution in [-0.4, -0.2) is 26.6 Å². The molecule has 0 amide bonds. The first-order chi connectivity index (χ1) is 16.2. The summed E-state index contributed by atoms with van der Waals surface area (Å²) in [4.78, 5) is 25.2. The molecule has 5 atom stereocenters. The Kier molecular flexibility index (Phi) is 6.12. The normalized spacial score (nSPS) is 35.4. The molecule has 6 heteroatoms. The molecule has 5 rings (SSSR count). The maximum atomic E-state index is 12.7. The van der Waals surface area contributed by atoms with E-state index in [0.717, 1.165) is 50.5 Å². The zero-order chi connectivity index (χ0) is 24.1. The van der Waals surface area contributed by atoms with Gasteiger partial charge in [-0.2, -0.15) is 8.42 Å². The van der Waals surface area contributed by atoms with Gasteiger partial charge in [-0.05, 0) is 99.7 Å². The molecule has 4 aliphatic rings. The summed E-state index contributed by atoms with van der Waals surface area (Å²) in [5, 5.41) is 0. The molecule has 0 radical (unpaired) electrons. The molecule has 4 aliphatic carbocycles. The fourth-order valence-electron chi connectivity index (χ4n) is 7.93. The number of hydrogen-bond acceptors (Lipinski definition) is 5. The van der Waals surface area contributed by atoms with Gasteiger partial charge in [-0.15, -0.1) is 0 Å². The van der Waals surface area contributed by atoms with Gasteiger partial charge in [0, 0.05) is 18.3 Å². The van der Waals surface area contributed by atoms with Crippen LogP contribution in [0.25, 0.3) is 0 Å². The van der Waals surface area contributed by atoms with Crippen molar-refractivity contribution in [3.63, 3.8) is 0 Å². The lowest BCUT2D eigenvalue weighted by atomic mass is 9.46. The second-order valence-electron chi connectivity index (χ2n) is 11.3. The predicted molar refractivity (Wildman–Crippen MR) is 130 cm³/mol. The van der Waals surface area contributed by atoms with Crippen molar-refractivity contribution < 1.29 is 22.2 Å². The SMILES string of the molecule is Cc1ccc(S(=O)(=O)OCCC[C@]23CCC(=O)C=C2CC[C@@H]2[C@@H]3CC[C@]3(C)C(=O)CC[C@@H]23)cc1. The van der Waals surface area contributed by atoms with Crippen LogP contribution in [0.15, 0.2) is 40.8 Å². The van der Waals surface area contributed by atoms with Crippen LogP contribution in [0.4, 0.5) is 0 Å². The standard InChI is InChI=1S/C28H36O5S/c1-19-4-7-22(8-5-19)34(31,32)33-17-3-14-28-16-12-21(29)18-20(28)6-9-23-24-10-11-26(30)27(24,2)15-13-25(23)28/h4-5,7-8,18,23-25H,3,6,9-17H2,1-2H3/t23-,24-,25-,27-,28-/m0/s1. The van der Waals surface area contributed by atoms with Crippen LogP contribution < -0.4 is 0 Å². The van der Waals surface area contributed by atoms with Gasteiger partial charge in [0.1, 0.15) is 5.78 Å². The number of carbonyl (C=O) groups is 2. The first-order valence-electron chi connectivity index (χ1n) is 12.9. The van der Waals surface area contributed by atoms with Crippen molar-refractivity contribution in [2.24, 2.45) is 28.6 Å². The molecule has 5 nitrogen and oxygen atoms in total. The number of fused-ring (bicyclic) bond motifs is 5. The third-order valence-electron chi connectivity index (χ3n) is 9.71. The van der Waals surface area contributed by atoms with Gasteiger partial charge in [0.05, 0.1) is 11.5 Å². The lowest BCUT2D eigenvalue weighted by Gasteiger charge is -2.58. The van der Waals surface area contributed by atoms with Crippen molar-refractivity contribution in [2.75, 3.05) is 6.61 Å². The lowest BCUT2D eigenvalue weighted by molar-refractivity contribution is -0.133. The molecule has 184 valence electrons. The van der Waals surface area contributed by atoms with Crippen LogP contribution in [0.3, 0.4) is 0 Å². The fraction of sp³-hybridized carbons (Fsp3) is 0.643. The Morgan fingerprint density at radius 3 is 2.50 bits per heavy atom. The maximum Gasteiger partial charge on any atom is 0.296 e. The van der Waals surface area contributed by atoms with E-state index in [1.807, 2.05) is 13.0 Å². The summed E-state index contributed by atoms with van der Waals surface area (Å²) in [6.45, 7) is 4.26. The van der Waals surface area contributed by atoms with E-state index in [4.69, 9.17) is 4.18 Å². The highest BCUT2D eigenvalue weighted by atomic mass is 32.2. The predicted octanol–water partition coefficient (Wildman–Crippen LogP) is 5.56. The molecular formula is C28H36O5S. The number of allylic oxidation sites excluding steroid dienone is 1. The van der Waals surface area contributed by atoms with E-state index in [1.165, 1.54) is 5.57 Å². The minimum Gasteiger partial charge on any atom is -0.299 e. The van der Waals surface area contributed by atoms with Crippen molar-refractivity contribution in [3.05, 3.63) is 41.5 Å². The van der Waals surface area contributed by atoms with Gasteiger partial charge in [0.25, 0.3) is 10.1 Å². The second-order valence-corrected chi connectivity index (χ2v) is 12.9. The number of benzene rings is 1. The minimum absolute atomic E-state index is 0.0548. The summed E-state index contributed by atoms with van der Waals surface area (Å²) in [5.41, 5.74) is 2.06. The minimum atomic E-state index is -3.78. The third-order valence-corrected chi connectivity index (χ3v) is 11.0. The molecule has 0 heterocycles. The number of hydrogen-bond donors (Lipinski definition) is 0. The van der Waals surface area contributed by atoms with E-state index in [-0.39, 0.29) is 28.1 Å². The van der Waals surface area contributed by atoms with E-state index >= 15 is 0 Å². The Labute approximate surface area is 203 Å². The van der Waals surface area contributed by atoms with Gasteiger partial charge in [0.2, 0.25) is 0 Å². The summed E-state index contributed by atoms with van der Waals surface area (Å²) in [6, 6.07) is 6.73. The Hall–Kier alpha value is -1.79. The van der Waals surface area contributed by atoms with Crippen molar-refractivity contribution in [1.29, 1.82) is 0 Å². The molecular weight excluding hydrogens is 448 g/mol. The highest BCUT2D eigenvalue weighted by Gasteiger charge is 2.59. The lowest BCUT2D eigenvalue weighted by Crippen LogP contribution is -2.51. The molecule has 3 fully saturated rings. The van der Waals surface area contributed by atoms with Crippen LogP contribution >= 0.6 is 0 Å². The molecule has 0 spiro atoms. The monoisotopic (exact) mass is 484 g/mol. The van der Waals surface area contributed by atoms with Crippen molar-refractivity contribution in [3.8, 4) is 0 Å². The molecule has 0 aromatic heterocycles. The molecule has 0 bridgehead atoms. The average molecular weight is 485 g/mol. The fourth-order valence-corrected chi connectivity index (χ4v) is 8.87. The largest absolute Gasteiger partial charge is 0.299 e. The molecule has 3 saturated carbocycles. The van der Waals surface area contributed by atoms with Crippen molar-refractivity contribution >= 4 is 21.7 Å². The molecule has 34 heavy (non-hydrogen) atoms. The number of Topliss-reactive ketones (excluding diaryl/α,β-unsaturated/α-hetero) is 1. The van der Waals surface area contributed by atoms with Gasteiger partial charge in [0.15, 0.2) is 5.78 Å². The van der Waals surface area contributed by atoms with Gasteiger partial charge >= 0.3 is 0 Å². The third kappa shape index (κ3) is 3.91. The summed E-state index contributed by atoms with van der Waals surface area (Å²) < 4.78 is 30.7. The summed E-state index contributed by atoms with van der Waals surface area (Å²) >= 11 is 0. The van der Waals surface area contributed by atoms with Crippen LogP contribution in [0.2, 0.25) is 0 Å². The number of carbonyl (C=O) groups excluding carboxylic acids is 2. The van der Waals surface area contributed by atoms with Gasteiger partial charge < -0.3 is 0 Å². The smallest absolute Gasteiger partial charge is 0.296 e. The number of ketones is 2. The van der Waals surface area contributed by atoms with Gasteiger partial charge in [-0.1, -0.05) is 30.2 Å². The summed E-state index contributed by atoms with van der Waals surface area (Å²) in [6.07, 6.45) is 10.5. The van der Waals surface area contributed by atoms with E-state index in [0.29, 0.717) is 42.8 Å². The Morgan fingerprint density at radius 1 is 0.971 bits per heavy atom. The highest BCUT2D eigenvalue weighted by molar-refractivity contribution is 7.86. The molecule has 0 aliphatic heterocycles. The van der Waals surface area contributed by atoms with Crippen LogP contribution in [0.5, 0.6) is 0 Å².